The van der Waals surface area contributed by atoms with Crippen LogP contribution in [-0.4, -0.2) is 47.0 Å². The molecule has 0 saturated carbocycles. The molecule has 0 bridgehead atoms. The van der Waals surface area contributed by atoms with Crippen LogP contribution in [0, 0.1) is 21.3 Å². The molecule has 2 amide bonds. The third-order valence-corrected chi connectivity index (χ3v) is 9.45. The summed E-state index contributed by atoms with van der Waals surface area (Å²) in [6, 6.07) is 22.5. The van der Waals surface area contributed by atoms with Crippen molar-refractivity contribution < 1.29 is 29.6 Å². The Labute approximate surface area is 265 Å². The van der Waals surface area contributed by atoms with Gasteiger partial charge in [0.15, 0.2) is 11.5 Å². The summed E-state index contributed by atoms with van der Waals surface area (Å²) in [6.45, 7) is 1.66. The number of phenols is 1. The van der Waals surface area contributed by atoms with Crippen LogP contribution in [0.15, 0.2) is 83.9 Å². The number of hydrogen-bond donors (Lipinski definition) is 3. The number of nitrogens with zero attached hydrogens (tertiary/aromatic N) is 1. The lowest BCUT2D eigenvalue weighted by Gasteiger charge is -2.36. The zero-order chi connectivity index (χ0) is 30.7. The minimum Gasteiger partial charge on any atom is -0.504 e. The molecule has 0 spiro atoms. The van der Waals surface area contributed by atoms with Crippen LogP contribution in [0.1, 0.15) is 43.7 Å². The van der Waals surface area contributed by atoms with Crippen LogP contribution in [0.3, 0.4) is 0 Å². The van der Waals surface area contributed by atoms with Crippen LogP contribution in [0.5, 0.6) is 11.5 Å². The van der Waals surface area contributed by atoms with Gasteiger partial charge < -0.3 is 20.1 Å². The summed E-state index contributed by atoms with van der Waals surface area (Å²) >= 11 is 2.07. The van der Waals surface area contributed by atoms with Gasteiger partial charge in [0, 0.05) is 5.92 Å². The van der Waals surface area contributed by atoms with Crippen molar-refractivity contribution in [2.45, 2.75) is 38.7 Å². The topological polar surface area (TPSA) is 107 Å². The van der Waals surface area contributed by atoms with Crippen molar-refractivity contribution in [3.05, 3.63) is 98.6 Å². The summed E-state index contributed by atoms with van der Waals surface area (Å²) in [6.07, 6.45) is 3.02. The van der Waals surface area contributed by atoms with E-state index in [1.165, 1.54) is 12.0 Å². The van der Waals surface area contributed by atoms with Crippen molar-refractivity contribution in [2.24, 2.45) is 17.8 Å². The SMILES string of the molecule is CCC1=C([C@H](O)CC/C(=C/c2cc(I)c(O)c(OC)c2)c2ccccc2)[C@H](CO)[C@@H]2C(=O)N(c3ccccc3)C(=O)[C@@H]2C1. The number of carbonyl (C=O) groups excluding carboxylic acids is 2. The Morgan fingerprint density at radius 2 is 1.74 bits per heavy atom. The molecule has 3 aromatic carbocycles. The molecule has 3 N–H and O–H groups in total. The van der Waals surface area contributed by atoms with Gasteiger partial charge in [0.1, 0.15) is 0 Å². The van der Waals surface area contributed by atoms with Gasteiger partial charge in [0.25, 0.3) is 0 Å². The second kappa shape index (κ2) is 13.4. The lowest BCUT2D eigenvalue weighted by molar-refractivity contribution is -0.123. The number of allylic oxidation sites excluding steroid dienone is 2. The molecule has 1 fully saturated rings. The zero-order valence-electron chi connectivity index (χ0n) is 24.2. The highest BCUT2D eigenvalue weighted by molar-refractivity contribution is 14.1. The molecule has 1 saturated heterocycles. The molecule has 5 rings (SSSR count). The van der Waals surface area contributed by atoms with E-state index in [2.05, 4.69) is 22.6 Å². The number of aromatic hydroxyl groups is 1. The first-order valence-electron chi connectivity index (χ1n) is 14.5. The van der Waals surface area contributed by atoms with Crippen molar-refractivity contribution in [3.8, 4) is 11.5 Å². The second-order valence-electron chi connectivity index (χ2n) is 11.0. The van der Waals surface area contributed by atoms with E-state index < -0.39 is 23.9 Å². The van der Waals surface area contributed by atoms with Gasteiger partial charge in [-0.1, -0.05) is 67.1 Å². The highest BCUT2D eigenvalue weighted by atomic mass is 127. The number of imide groups is 1. The Morgan fingerprint density at radius 1 is 1.07 bits per heavy atom. The van der Waals surface area contributed by atoms with Gasteiger partial charge in [-0.15, -0.1) is 0 Å². The molecule has 1 aliphatic carbocycles. The van der Waals surface area contributed by atoms with Crippen LogP contribution >= 0.6 is 22.6 Å². The molecule has 1 heterocycles. The van der Waals surface area contributed by atoms with E-state index in [0.29, 0.717) is 46.3 Å². The average molecular weight is 694 g/mol. The number of aliphatic hydroxyl groups excluding tert-OH is 2. The standard InChI is InChI=1S/C35H36INO6/c1-3-22-19-26-32(35(42)37(34(26)41)25-12-8-5-9-13-25)27(20-38)31(22)29(39)15-14-24(23-10-6-4-7-11-23)16-21-17-28(36)33(40)30(18-21)43-2/h4-13,16-18,26-27,29,32,38-40H,3,14-15,19-20H2,1-2H3/b24-16-/t26-,27+,29-,32-/m1/s1. The van der Waals surface area contributed by atoms with Gasteiger partial charge in [-0.05, 0) is 94.8 Å². The Balaban J connectivity index is 1.44. The molecule has 1 aliphatic heterocycles. The number of methoxy groups -OCH3 is 1. The predicted molar refractivity (Wildman–Crippen MR) is 175 cm³/mol. The molecule has 0 aromatic heterocycles. The molecule has 4 atom stereocenters. The van der Waals surface area contributed by atoms with Crippen LogP contribution in [0.25, 0.3) is 11.6 Å². The molecule has 2 aliphatic rings. The van der Waals surface area contributed by atoms with E-state index in [1.54, 1.807) is 30.3 Å². The third-order valence-electron chi connectivity index (χ3n) is 8.62. The number of carbonyl (C=O) groups is 2. The first kappa shape index (κ1) is 31.0. The fourth-order valence-electron chi connectivity index (χ4n) is 6.56. The summed E-state index contributed by atoms with van der Waals surface area (Å²) in [4.78, 5) is 28.4. The number of phenolic OH excluding ortho intramolecular Hbond substituents is 1. The number of amides is 2. The Morgan fingerprint density at radius 3 is 2.37 bits per heavy atom. The Kier molecular flexibility index (Phi) is 9.68. The fraction of sp³-hybridized carbons (Fsp3) is 0.314. The number of ether oxygens (including phenoxy) is 1. The molecule has 8 heteroatoms. The predicted octanol–water partition coefficient (Wildman–Crippen LogP) is 6.21. The summed E-state index contributed by atoms with van der Waals surface area (Å²) in [5.41, 5.74) is 4.99. The Bertz CT molecular complexity index is 1550. The molecule has 7 nitrogen and oxygen atoms in total. The quantitative estimate of drug-likeness (QED) is 0.101. The molecule has 224 valence electrons. The van der Waals surface area contributed by atoms with Crippen LogP contribution < -0.4 is 9.64 Å². The monoisotopic (exact) mass is 693 g/mol. The minimum absolute atomic E-state index is 0.0902. The van der Waals surface area contributed by atoms with Gasteiger partial charge in [-0.25, -0.2) is 0 Å². The highest BCUT2D eigenvalue weighted by Gasteiger charge is 2.55. The van der Waals surface area contributed by atoms with E-state index in [1.807, 2.05) is 55.5 Å². The number of halogens is 1. The molecular formula is C35H36INO6. The summed E-state index contributed by atoms with van der Waals surface area (Å²) in [7, 11) is 1.51. The molecule has 3 aromatic rings. The Hall–Kier alpha value is -3.47. The maximum absolute atomic E-state index is 13.7. The second-order valence-corrected chi connectivity index (χ2v) is 12.2. The van der Waals surface area contributed by atoms with Gasteiger partial charge in [-0.2, -0.15) is 0 Å². The van der Waals surface area contributed by atoms with Gasteiger partial charge in [0.2, 0.25) is 11.8 Å². The largest absolute Gasteiger partial charge is 0.504 e. The minimum atomic E-state index is -0.900. The van der Waals surface area contributed by atoms with Crippen LogP contribution in [0.4, 0.5) is 5.69 Å². The van der Waals surface area contributed by atoms with Crippen molar-refractivity contribution in [1.82, 2.24) is 0 Å². The zero-order valence-corrected chi connectivity index (χ0v) is 26.4. The molecular weight excluding hydrogens is 657 g/mol. The maximum Gasteiger partial charge on any atom is 0.238 e. The number of benzene rings is 3. The number of hydrogen-bond acceptors (Lipinski definition) is 6. The lowest BCUT2D eigenvalue weighted by Crippen LogP contribution is -2.39. The first-order valence-corrected chi connectivity index (χ1v) is 15.6. The summed E-state index contributed by atoms with van der Waals surface area (Å²) in [5, 5.41) is 32.6. The van der Waals surface area contributed by atoms with E-state index in [4.69, 9.17) is 4.74 Å². The van der Waals surface area contributed by atoms with Gasteiger partial charge >= 0.3 is 0 Å². The number of anilines is 1. The molecule has 0 radical (unpaired) electrons. The van der Waals surface area contributed by atoms with E-state index in [9.17, 15) is 24.9 Å². The third kappa shape index (κ3) is 6.14. The smallest absolute Gasteiger partial charge is 0.238 e. The number of fused-ring (bicyclic) bond motifs is 1. The fourth-order valence-corrected chi connectivity index (χ4v) is 7.19. The summed E-state index contributed by atoms with van der Waals surface area (Å²) < 4.78 is 6.02. The van der Waals surface area contributed by atoms with E-state index in [-0.39, 0.29) is 24.2 Å². The number of rotatable bonds is 10. The van der Waals surface area contributed by atoms with E-state index in [0.717, 1.165) is 22.3 Å². The number of aliphatic hydroxyl groups is 2. The highest BCUT2D eigenvalue weighted by Crippen LogP contribution is 2.48. The summed E-state index contributed by atoms with van der Waals surface area (Å²) in [5.74, 6) is -2.00. The van der Waals surface area contributed by atoms with Gasteiger partial charge in [-0.3, -0.25) is 14.5 Å². The van der Waals surface area contributed by atoms with Crippen molar-refractivity contribution >= 4 is 51.7 Å². The van der Waals surface area contributed by atoms with E-state index >= 15 is 0 Å². The lowest BCUT2D eigenvalue weighted by atomic mass is 9.67. The van der Waals surface area contributed by atoms with Crippen LogP contribution in [0.2, 0.25) is 0 Å². The number of para-hydroxylation sites is 1. The normalized spacial score (nSPS) is 21.3. The van der Waals surface area contributed by atoms with Crippen molar-refractivity contribution in [3.63, 3.8) is 0 Å². The van der Waals surface area contributed by atoms with Gasteiger partial charge in [0.05, 0.1) is 40.9 Å². The molecule has 43 heavy (non-hydrogen) atoms. The maximum atomic E-state index is 13.7. The molecule has 0 unspecified atom stereocenters. The first-order chi connectivity index (χ1) is 20.8. The van der Waals surface area contributed by atoms with Crippen molar-refractivity contribution in [1.29, 1.82) is 0 Å². The van der Waals surface area contributed by atoms with Crippen LogP contribution in [-0.2, 0) is 9.59 Å². The van der Waals surface area contributed by atoms with Crippen molar-refractivity contribution in [2.75, 3.05) is 18.6 Å². The average Bonchev–Trinajstić information content (AvgIpc) is 3.29.